The van der Waals surface area contributed by atoms with Gasteiger partial charge >= 0.3 is 0 Å². The number of hydrogen-bond donors (Lipinski definition) is 1. The molecule has 19 heavy (non-hydrogen) atoms. The molecule has 2 atom stereocenters. The van der Waals surface area contributed by atoms with Crippen LogP contribution < -0.4 is 10.5 Å². The molecule has 1 aliphatic rings. The summed E-state index contributed by atoms with van der Waals surface area (Å²) >= 11 is 0. The maximum Gasteiger partial charge on any atom is 0.229 e. The van der Waals surface area contributed by atoms with Crippen LogP contribution >= 0.6 is 0 Å². The number of nitrogens with zero attached hydrogens (tertiary/aromatic N) is 1. The Bertz CT molecular complexity index is 450. The summed E-state index contributed by atoms with van der Waals surface area (Å²) in [6, 6.07) is 7.48. The summed E-state index contributed by atoms with van der Waals surface area (Å²) in [5.74, 6) is 0.574. The summed E-state index contributed by atoms with van der Waals surface area (Å²) in [6.07, 6.45) is 0. The fourth-order valence-electron chi connectivity index (χ4n) is 2.28. The van der Waals surface area contributed by atoms with Crippen LogP contribution in [0.25, 0.3) is 0 Å². The van der Waals surface area contributed by atoms with Crippen LogP contribution in [0.4, 0.5) is 0 Å². The van der Waals surface area contributed by atoms with Crippen molar-refractivity contribution in [2.75, 3.05) is 27.4 Å². The van der Waals surface area contributed by atoms with Gasteiger partial charge in [-0.05, 0) is 6.07 Å². The zero-order valence-corrected chi connectivity index (χ0v) is 11.3. The molecule has 0 aromatic heterocycles. The molecule has 1 saturated heterocycles. The van der Waals surface area contributed by atoms with E-state index < -0.39 is 0 Å². The quantitative estimate of drug-likeness (QED) is 0.866. The molecule has 1 aromatic carbocycles. The van der Waals surface area contributed by atoms with Gasteiger partial charge in [-0.2, -0.15) is 0 Å². The molecule has 104 valence electrons. The van der Waals surface area contributed by atoms with Gasteiger partial charge in [-0.25, -0.2) is 0 Å². The topological polar surface area (TPSA) is 64.8 Å². The minimum absolute atomic E-state index is 0.0240. The Kier molecular flexibility index (Phi) is 4.39. The molecule has 1 fully saturated rings. The van der Waals surface area contributed by atoms with Crippen molar-refractivity contribution < 1.29 is 14.3 Å². The van der Waals surface area contributed by atoms with Crippen molar-refractivity contribution in [1.82, 2.24) is 4.90 Å². The van der Waals surface area contributed by atoms with E-state index in [-0.39, 0.29) is 17.9 Å². The van der Waals surface area contributed by atoms with Gasteiger partial charge in [-0.3, -0.25) is 4.79 Å². The van der Waals surface area contributed by atoms with Gasteiger partial charge in [0.2, 0.25) is 5.91 Å². The molecule has 0 bridgehead atoms. The van der Waals surface area contributed by atoms with Gasteiger partial charge in [0.25, 0.3) is 0 Å². The first-order valence-corrected chi connectivity index (χ1v) is 6.33. The first-order chi connectivity index (χ1) is 9.13. The van der Waals surface area contributed by atoms with E-state index in [2.05, 4.69) is 0 Å². The van der Waals surface area contributed by atoms with Gasteiger partial charge in [0.15, 0.2) is 0 Å². The maximum absolute atomic E-state index is 12.3. The average Bonchev–Trinajstić information content (AvgIpc) is 2.84. The van der Waals surface area contributed by atoms with E-state index in [0.717, 1.165) is 11.3 Å². The third-order valence-electron chi connectivity index (χ3n) is 3.42. The Morgan fingerprint density at radius 2 is 2.21 bits per heavy atom. The maximum atomic E-state index is 12.3. The highest BCUT2D eigenvalue weighted by molar-refractivity contribution is 5.79. The Morgan fingerprint density at radius 3 is 2.84 bits per heavy atom. The summed E-state index contributed by atoms with van der Waals surface area (Å²) < 4.78 is 10.5. The van der Waals surface area contributed by atoms with E-state index in [0.29, 0.717) is 19.8 Å². The highest BCUT2D eigenvalue weighted by Gasteiger charge is 2.33. The normalized spacial score (nSPS) is 22.3. The second-order valence-electron chi connectivity index (χ2n) is 4.81. The van der Waals surface area contributed by atoms with Gasteiger partial charge in [0.1, 0.15) is 5.75 Å². The van der Waals surface area contributed by atoms with E-state index in [9.17, 15) is 4.79 Å². The Labute approximate surface area is 113 Å². The van der Waals surface area contributed by atoms with Crippen molar-refractivity contribution >= 4 is 5.91 Å². The van der Waals surface area contributed by atoms with E-state index in [4.69, 9.17) is 15.2 Å². The van der Waals surface area contributed by atoms with Crippen LogP contribution in [0.5, 0.6) is 5.75 Å². The van der Waals surface area contributed by atoms with E-state index >= 15 is 0 Å². The summed E-state index contributed by atoms with van der Waals surface area (Å²) in [5.41, 5.74) is 6.85. The lowest BCUT2D eigenvalue weighted by molar-refractivity contribution is -0.135. The van der Waals surface area contributed by atoms with Gasteiger partial charge in [0, 0.05) is 25.2 Å². The predicted molar refractivity (Wildman–Crippen MR) is 71.8 cm³/mol. The number of hydrogen-bond acceptors (Lipinski definition) is 4. The van der Waals surface area contributed by atoms with Crippen molar-refractivity contribution in [2.45, 2.75) is 12.6 Å². The molecule has 5 nitrogen and oxygen atoms in total. The van der Waals surface area contributed by atoms with Crippen LogP contribution in [-0.4, -0.2) is 44.2 Å². The second-order valence-corrected chi connectivity index (χ2v) is 4.81. The molecule has 1 aliphatic heterocycles. The van der Waals surface area contributed by atoms with Gasteiger partial charge in [0.05, 0.1) is 26.2 Å². The van der Waals surface area contributed by atoms with Crippen LogP contribution in [0.1, 0.15) is 5.56 Å². The molecule has 2 N–H and O–H groups in total. The van der Waals surface area contributed by atoms with Crippen LogP contribution in [0.3, 0.4) is 0 Å². The van der Waals surface area contributed by atoms with Crippen LogP contribution in [-0.2, 0) is 16.1 Å². The number of carbonyl (C=O) groups excluding carboxylic acids is 1. The van der Waals surface area contributed by atoms with Crippen molar-refractivity contribution in [3.63, 3.8) is 0 Å². The molecule has 2 unspecified atom stereocenters. The zero-order chi connectivity index (χ0) is 13.8. The first-order valence-electron chi connectivity index (χ1n) is 6.33. The molecule has 0 radical (unpaired) electrons. The van der Waals surface area contributed by atoms with Crippen LogP contribution in [0.2, 0.25) is 0 Å². The number of amides is 1. The van der Waals surface area contributed by atoms with Crippen molar-refractivity contribution in [3.05, 3.63) is 29.8 Å². The van der Waals surface area contributed by atoms with Gasteiger partial charge in [-0.15, -0.1) is 0 Å². The average molecular weight is 264 g/mol. The SMILES string of the molecule is COc1ccccc1CN(C)C(=O)C1COCC1N. The molecule has 2 rings (SSSR count). The van der Waals surface area contributed by atoms with Crippen LogP contribution in [0.15, 0.2) is 24.3 Å². The largest absolute Gasteiger partial charge is 0.496 e. The molecule has 1 aromatic rings. The fraction of sp³-hybridized carbons (Fsp3) is 0.500. The lowest BCUT2D eigenvalue weighted by atomic mass is 10.0. The van der Waals surface area contributed by atoms with E-state index in [1.807, 2.05) is 24.3 Å². The molecular weight excluding hydrogens is 244 g/mol. The second kappa shape index (κ2) is 6.04. The number of carbonyl (C=O) groups is 1. The standard InChI is InChI=1S/C14H20N2O3/c1-16(14(17)11-8-19-9-12(11)15)7-10-5-3-4-6-13(10)18-2/h3-6,11-12H,7-9,15H2,1-2H3. The lowest BCUT2D eigenvalue weighted by Crippen LogP contribution is -2.41. The fourth-order valence-corrected chi connectivity index (χ4v) is 2.28. The molecule has 0 aliphatic carbocycles. The van der Waals surface area contributed by atoms with Crippen molar-refractivity contribution in [2.24, 2.45) is 11.7 Å². The molecule has 0 spiro atoms. The Hall–Kier alpha value is -1.59. The number of methoxy groups -OCH3 is 1. The third kappa shape index (κ3) is 3.05. The summed E-state index contributed by atoms with van der Waals surface area (Å²) in [6.45, 7) is 1.38. The van der Waals surface area contributed by atoms with E-state index in [1.165, 1.54) is 0 Å². The molecular formula is C14H20N2O3. The number of rotatable bonds is 4. The zero-order valence-electron chi connectivity index (χ0n) is 11.3. The number of nitrogens with two attached hydrogens (primary N) is 1. The monoisotopic (exact) mass is 264 g/mol. The molecule has 5 heteroatoms. The van der Waals surface area contributed by atoms with E-state index in [1.54, 1.807) is 19.1 Å². The summed E-state index contributed by atoms with van der Waals surface area (Å²) in [7, 11) is 3.40. The number of para-hydroxylation sites is 1. The third-order valence-corrected chi connectivity index (χ3v) is 3.42. The van der Waals surface area contributed by atoms with Crippen LogP contribution in [0, 0.1) is 5.92 Å². The van der Waals surface area contributed by atoms with Crippen molar-refractivity contribution in [1.29, 1.82) is 0 Å². The van der Waals surface area contributed by atoms with Gasteiger partial charge < -0.3 is 20.1 Å². The predicted octanol–water partition coefficient (Wildman–Crippen LogP) is 0.627. The molecule has 1 heterocycles. The highest BCUT2D eigenvalue weighted by atomic mass is 16.5. The number of benzene rings is 1. The minimum Gasteiger partial charge on any atom is -0.496 e. The Morgan fingerprint density at radius 1 is 1.47 bits per heavy atom. The lowest BCUT2D eigenvalue weighted by Gasteiger charge is -2.23. The first kappa shape index (κ1) is 13.8. The van der Waals surface area contributed by atoms with Gasteiger partial charge in [-0.1, -0.05) is 18.2 Å². The van der Waals surface area contributed by atoms with Crippen molar-refractivity contribution in [3.8, 4) is 5.75 Å². The number of ether oxygens (including phenoxy) is 2. The minimum atomic E-state index is -0.236. The highest BCUT2D eigenvalue weighted by Crippen LogP contribution is 2.21. The Balaban J connectivity index is 2.04. The summed E-state index contributed by atoms with van der Waals surface area (Å²) in [5, 5.41) is 0. The molecule has 0 saturated carbocycles. The molecule has 1 amide bonds. The summed E-state index contributed by atoms with van der Waals surface area (Å²) in [4.78, 5) is 14.0. The smallest absolute Gasteiger partial charge is 0.229 e.